The van der Waals surface area contributed by atoms with Crippen molar-refractivity contribution >= 4 is 16.9 Å². The molecule has 1 N–H and O–H groups in total. The molecule has 2 aromatic heterocycles. The van der Waals surface area contributed by atoms with E-state index in [0.717, 1.165) is 40.8 Å². The Morgan fingerprint density at radius 3 is 2.61 bits per heavy atom. The number of aromatic hydroxyl groups is 1. The highest BCUT2D eigenvalue weighted by Gasteiger charge is 2.26. The first-order valence-corrected chi connectivity index (χ1v) is 9.74. The minimum absolute atomic E-state index is 0.141. The first kappa shape index (κ1) is 18.5. The van der Waals surface area contributed by atoms with Crippen molar-refractivity contribution < 1.29 is 14.6 Å². The number of fused-ring (bicyclic) bond motifs is 1. The van der Waals surface area contributed by atoms with Crippen molar-refractivity contribution in [1.29, 1.82) is 0 Å². The normalized spacial score (nSPS) is 14.6. The van der Waals surface area contributed by atoms with E-state index in [4.69, 9.17) is 4.74 Å². The number of phenolic OH excluding ortho intramolecular Hbond substituents is 1. The number of benzene rings is 1. The number of likely N-dealkylation sites (tertiary alicyclic amines) is 1. The number of pyridine rings is 1. The van der Waals surface area contributed by atoms with Gasteiger partial charge in [0.05, 0.1) is 12.2 Å². The molecule has 28 heavy (non-hydrogen) atoms. The summed E-state index contributed by atoms with van der Waals surface area (Å²) >= 11 is 0. The second kappa shape index (κ2) is 7.64. The first-order valence-electron chi connectivity index (χ1n) is 9.74. The molecular formula is C22H25N3O3. The lowest BCUT2D eigenvalue weighted by atomic mass is 10.0. The minimum atomic E-state index is -0.335. The van der Waals surface area contributed by atoms with E-state index in [1.807, 2.05) is 32.2 Å². The number of hydrogen-bond acceptors (Lipinski definition) is 5. The molecule has 146 valence electrons. The van der Waals surface area contributed by atoms with E-state index in [1.54, 1.807) is 18.5 Å². The van der Waals surface area contributed by atoms with Gasteiger partial charge < -0.3 is 14.4 Å². The zero-order chi connectivity index (χ0) is 19.7. The number of nitrogens with zero attached hydrogens (tertiary/aromatic N) is 3. The summed E-state index contributed by atoms with van der Waals surface area (Å²) in [6, 6.07) is 7.35. The summed E-state index contributed by atoms with van der Waals surface area (Å²) in [5.74, 6) is -0.194. The number of esters is 1. The summed E-state index contributed by atoms with van der Waals surface area (Å²) in [6.45, 7) is 4.90. The van der Waals surface area contributed by atoms with Crippen LogP contribution in [0.15, 0.2) is 36.7 Å². The number of carbonyl (C=O) groups excluding carboxylic acids is 1. The molecule has 0 amide bonds. The molecule has 0 radical (unpaired) electrons. The summed E-state index contributed by atoms with van der Waals surface area (Å²) < 4.78 is 7.41. The Labute approximate surface area is 164 Å². The maximum Gasteiger partial charge on any atom is 0.340 e. The van der Waals surface area contributed by atoms with Crippen LogP contribution in [0, 0.1) is 0 Å². The predicted octanol–water partition coefficient (Wildman–Crippen LogP) is 3.72. The van der Waals surface area contributed by atoms with Crippen LogP contribution in [0.25, 0.3) is 22.0 Å². The highest BCUT2D eigenvalue weighted by Crippen LogP contribution is 2.37. The van der Waals surface area contributed by atoms with Crippen molar-refractivity contribution in [1.82, 2.24) is 14.5 Å². The lowest BCUT2D eigenvalue weighted by Gasteiger charge is -2.16. The molecule has 0 bridgehead atoms. The first-order chi connectivity index (χ1) is 13.6. The molecule has 4 rings (SSSR count). The van der Waals surface area contributed by atoms with Gasteiger partial charge in [-0.15, -0.1) is 0 Å². The number of aromatic nitrogens is 2. The van der Waals surface area contributed by atoms with E-state index < -0.39 is 0 Å². The second-order valence-electron chi connectivity index (χ2n) is 7.21. The standard InChI is InChI=1S/C22H25N3O3/c1-3-28-22(27)21-17-13-20(26)16(15-6-8-23-9-7-15)12-18(17)24(2)19(21)14-25-10-4-5-11-25/h6-9,12-13,26H,3-5,10-11,14H2,1-2H3. The molecule has 0 saturated carbocycles. The minimum Gasteiger partial charge on any atom is -0.507 e. The Hall–Kier alpha value is -2.86. The number of hydrogen-bond donors (Lipinski definition) is 1. The van der Waals surface area contributed by atoms with E-state index >= 15 is 0 Å². The Bertz CT molecular complexity index is 1010. The van der Waals surface area contributed by atoms with Gasteiger partial charge in [-0.05, 0) is 62.7 Å². The van der Waals surface area contributed by atoms with Gasteiger partial charge >= 0.3 is 5.97 Å². The number of rotatable bonds is 5. The van der Waals surface area contributed by atoms with Gasteiger partial charge in [0.15, 0.2) is 0 Å². The van der Waals surface area contributed by atoms with Crippen molar-refractivity contribution in [2.45, 2.75) is 26.3 Å². The molecule has 0 spiro atoms. The van der Waals surface area contributed by atoms with E-state index in [0.29, 0.717) is 18.7 Å². The van der Waals surface area contributed by atoms with E-state index in [1.165, 1.54) is 12.8 Å². The van der Waals surface area contributed by atoms with Crippen LogP contribution >= 0.6 is 0 Å². The number of phenols is 1. The third-order valence-corrected chi connectivity index (χ3v) is 5.48. The van der Waals surface area contributed by atoms with Crippen molar-refractivity contribution in [3.8, 4) is 16.9 Å². The molecule has 1 saturated heterocycles. The molecular weight excluding hydrogens is 354 g/mol. The molecule has 3 heterocycles. The summed E-state index contributed by atoms with van der Waals surface area (Å²) in [5.41, 5.74) is 4.00. The lowest BCUT2D eigenvalue weighted by molar-refractivity contribution is 0.0526. The molecule has 1 fully saturated rings. The fraction of sp³-hybridized carbons (Fsp3) is 0.364. The summed E-state index contributed by atoms with van der Waals surface area (Å²) in [6.07, 6.45) is 5.77. The van der Waals surface area contributed by atoms with Gasteiger partial charge in [-0.2, -0.15) is 0 Å². The number of aryl methyl sites for hydroxylation is 1. The summed E-state index contributed by atoms with van der Waals surface area (Å²) in [7, 11) is 1.98. The monoisotopic (exact) mass is 379 g/mol. The fourth-order valence-electron chi connectivity index (χ4n) is 4.05. The molecule has 0 aliphatic carbocycles. The molecule has 0 atom stereocenters. The van der Waals surface area contributed by atoms with Crippen LogP contribution in [0.2, 0.25) is 0 Å². The van der Waals surface area contributed by atoms with E-state index in [9.17, 15) is 9.90 Å². The van der Waals surface area contributed by atoms with Gasteiger partial charge in [-0.1, -0.05) is 0 Å². The number of ether oxygens (including phenoxy) is 1. The average molecular weight is 379 g/mol. The zero-order valence-corrected chi connectivity index (χ0v) is 16.3. The zero-order valence-electron chi connectivity index (χ0n) is 16.3. The SMILES string of the molecule is CCOC(=O)c1c(CN2CCCC2)n(C)c2cc(-c3ccncc3)c(O)cc12. The highest BCUT2D eigenvalue weighted by molar-refractivity contribution is 6.07. The molecule has 1 aromatic carbocycles. The third kappa shape index (κ3) is 3.24. The molecule has 6 heteroatoms. The Morgan fingerprint density at radius 2 is 1.93 bits per heavy atom. The van der Waals surface area contributed by atoms with Crippen molar-refractivity contribution in [2.75, 3.05) is 19.7 Å². The van der Waals surface area contributed by atoms with Gasteiger partial charge in [0.25, 0.3) is 0 Å². The Kier molecular flexibility index (Phi) is 5.05. The van der Waals surface area contributed by atoms with Crippen LogP contribution in [-0.4, -0.2) is 45.2 Å². The molecule has 1 aliphatic rings. The maximum atomic E-state index is 12.8. The van der Waals surface area contributed by atoms with Crippen molar-refractivity contribution in [3.63, 3.8) is 0 Å². The van der Waals surface area contributed by atoms with Gasteiger partial charge in [0, 0.05) is 48.1 Å². The molecule has 3 aromatic rings. The highest BCUT2D eigenvalue weighted by atomic mass is 16.5. The summed E-state index contributed by atoms with van der Waals surface area (Å²) in [5, 5.41) is 11.4. The van der Waals surface area contributed by atoms with Crippen LogP contribution in [0.1, 0.15) is 35.8 Å². The van der Waals surface area contributed by atoms with Gasteiger partial charge in [0.2, 0.25) is 0 Å². The predicted molar refractivity (Wildman–Crippen MR) is 108 cm³/mol. The Balaban J connectivity index is 1.89. The maximum absolute atomic E-state index is 12.8. The third-order valence-electron chi connectivity index (χ3n) is 5.48. The van der Waals surface area contributed by atoms with Gasteiger partial charge in [-0.25, -0.2) is 4.79 Å². The van der Waals surface area contributed by atoms with Crippen molar-refractivity contribution in [3.05, 3.63) is 47.9 Å². The molecule has 6 nitrogen and oxygen atoms in total. The molecule has 0 unspecified atom stereocenters. The van der Waals surface area contributed by atoms with Crippen LogP contribution in [-0.2, 0) is 18.3 Å². The number of carbonyl (C=O) groups is 1. The topological polar surface area (TPSA) is 67.6 Å². The van der Waals surface area contributed by atoms with E-state index in [-0.39, 0.29) is 11.7 Å². The Morgan fingerprint density at radius 1 is 1.21 bits per heavy atom. The smallest absolute Gasteiger partial charge is 0.340 e. The lowest BCUT2D eigenvalue weighted by Crippen LogP contribution is -2.22. The van der Waals surface area contributed by atoms with Gasteiger partial charge in [-0.3, -0.25) is 9.88 Å². The molecule has 1 aliphatic heterocycles. The fourth-order valence-corrected chi connectivity index (χ4v) is 4.05. The largest absolute Gasteiger partial charge is 0.507 e. The van der Waals surface area contributed by atoms with Crippen LogP contribution in [0.4, 0.5) is 0 Å². The van der Waals surface area contributed by atoms with Crippen LogP contribution in [0.5, 0.6) is 5.75 Å². The van der Waals surface area contributed by atoms with Crippen LogP contribution in [0.3, 0.4) is 0 Å². The average Bonchev–Trinajstić information content (AvgIpc) is 3.29. The second-order valence-corrected chi connectivity index (χ2v) is 7.21. The van der Waals surface area contributed by atoms with Gasteiger partial charge in [0.1, 0.15) is 5.75 Å². The summed E-state index contributed by atoms with van der Waals surface area (Å²) in [4.78, 5) is 19.2. The van der Waals surface area contributed by atoms with E-state index in [2.05, 4.69) is 14.5 Å². The van der Waals surface area contributed by atoms with Crippen molar-refractivity contribution in [2.24, 2.45) is 7.05 Å². The van der Waals surface area contributed by atoms with Crippen LogP contribution < -0.4 is 0 Å². The quantitative estimate of drug-likeness (QED) is 0.685.